The molecule has 0 saturated carbocycles. The number of carbonyl (C=O) groups excluding carboxylic acids is 2. The van der Waals surface area contributed by atoms with E-state index in [1.807, 2.05) is 57.2 Å². The Bertz CT molecular complexity index is 791. The molecule has 0 aromatic heterocycles. The molecule has 156 valence electrons. The average Bonchev–Trinajstić information content (AvgIpc) is 2.72. The van der Waals surface area contributed by atoms with Gasteiger partial charge in [-0.3, -0.25) is 9.59 Å². The van der Waals surface area contributed by atoms with E-state index in [0.29, 0.717) is 25.3 Å². The minimum atomic E-state index is -0.538. The van der Waals surface area contributed by atoms with Gasteiger partial charge in [0.25, 0.3) is 5.91 Å². The van der Waals surface area contributed by atoms with Crippen LogP contribution in [0.5, 0.6) is 5.75 Å². The standard InChI is InChI=1S/C23H29BrN2O3/c1-4-14-25-23(28)21(5-2)26(15-18-8-6-17(3)7-9-18)22(27)16-29-20-12-10-19(24)11-13-20/h6-13,21H,4-5,14-16H2,1-3H3,(H,25,28). The van der Waals surface area contributed by atoms with Crippen LogP contribution in [-0.2, 0) is 16.1 Å². The van der Waals surface area contributed by atoms with Gasteiger partial charge in [0.05, 0.1) is 0 Å². The van der Waals surface area contributed by atoms with Gasteiger partial charge >= 0.3 is 0 Å². The van der Waals surface area contributed by atoms with Crippen molar-refractivity contribution in [2.45, 2.75) is 46.2 Å². The second kappa shape index (κ2) is 11.6. The lowest BCUT2D eigenvalue weighted by Crippen LogP contribution is -2.50. The molecule has 6 heteroatoms. The maximum absolute atomic E-state index is 13.0. The fourth-order valence-corrected chi connectivity index (χ4v) is 3.20. The second-order valence-corrected chi connectivity index (χ2v) is 7.88. The van der Waals surface area contributed by atoms with E-state index in [-0.39, 0.29) is 18.4 Å². The molecule has 1 unspecified atom stereocenters. The number of carbonyl (C=O) groups is 2. The topological polar surface area (TPSA) is 58.6 Å². The van der Waals surface area contributed by atoms with Crippen molar-refractivity contribution in [1.82, 2.24) is 10.2 Å². The summed E-state index contributed by atoms with van der Waals surface area (Å²) in [5, 5.41) is 2.91. The maximum atomic E-state index is 13.0. The highest BCUT2D eigenvalue weighted by molar-refractivity contribution is 9.10. The van der Waals surface area contributed by atoms with Crippen molar-refractivity contribution in [3.05, 3.63) is 64.1 Å². The van der Waals surface area contributed by atoms with Gasteiger partial charge in [0.1, 0.15) is 11.8 Å². The number of ether oxygens (including phenoxy) is 1. The summed E-state index contributed by atoms with van der Waals surface area (Å²) >= 11 is 3.38. The van der Waals surface area contributed by atoms with Gasteiger partial charge in [0, 0.05) is 17.6 Å². The molecule has 0 aliphatic heterocycles. The van der Waals surface area contributed by atoms with Crippen LogP contribution >= 0.6 is 15.9 Å². The summed E-state index contributed by atoms with van der Waals surface area (Å²) in [6.07, 6.45) is 1.38. The zero-order valence-electron chi connectivity index (χ0n) is 17.3. The number of nitrogens with one attached hydrogen (secondary N) is 1. The van der Waals surface area contributed by atoms with Crippen molar-refractivity contribution < 1.29 is 14.3 Å². The molecule has 0 fully saturated rings. The molecule has 29 heavy (non-hydrogen) atoms. The summed E-state index contributed by atoms with van der Waals surface area (Å²) < 4.78 is 6.61. The maximum Gasteiger partial charge on any atom is 0.261 e. The normalized spacial score (nSPS) is 11.6. The molecular formula is C23H29BrN2O3. The van der Waals surface area contributed by atoms with Crippen molar-refractivity contribution in [1.29, 1.82) is 0 Å². The number of benzene rings is 2. The molecule has 5 nitrogen and oxygen atoms in total. The van der Waals surface area contributed by atoms with Crippen LogP contribution in [0.1, 0.15) is 37.8 Å². The molecule has 0 aliphatic carbocycles. The summed E-state index contributed by atoms with van der Waals surface area (Å²) in [4.78, 5) is 27.3. The van der Waals surface area contributed by atoms with E-state index in [9.17, 15) is 9.59 Å². The van der Waals surface area contributed by atoms with Gasteiger partial charge in [-0.25, -0.2) is 0 Å². The summed E-state index contributed by atoms with van der Waals surface area (Å²) in [5.41, 5.74) is 2.13. The van der Waals surface area contributed by atoms with E-state index < -0.39 is 6.04 Å². The molecule has 0 aliphatic rings. The lowest BCUT2D eigenvalue weighted by molar-refractivity contribution is -0.143. The highest BCUT2D eigenvalue weighted by Gasteiger charge is 2.28. The van der Waals surface area contributed by atoms with Gasteiger partial charge in [-0.15, -0.1) is 0 Å². The van der Waals surface area contributed by atoms with Gasteiger partial charge in [-0.05, 0) is 49.6 Å². The van der Waals surface area contributed by atoms with E-state index in [4.69, 9.17) is 4.74 Å². The Kier molecular flexibility index (Phi) is 9.19. The molecule has 0 bridgehead atoms. The van der Waals surface area contributed by atoms with Crippen LogP contribution in [0.2, 0.25) is 0 Å². The van der Waals surface area contributed by atoms with Crippen LogP contribution in [0.4, 0.5) is 0 Å². The van der Waals surface area contributed by atoms with Gasteiger partial charge in [0.15, 0.2) is 6.61 Å². The Hall–Kier alpha value is -2.34. The summed E-state index contributed by atoms with van der Waals surface area (Å²) in [7, 11) is 0. The van der Waals surface area contributed by atoms with Crippen molar-refractivity contribution in [2.24, 2.45) is 0 Å². The number of aryl methyl sites for hydroxylation is 1. The highest BCUT2D eigenvalue weighted by Crippen LogP contribution is 2.17. The predicted octanol–water partition coefficient (Wildman–Crippen LogP) is 4.47. The van der Waals surface area contributed by atoms with Crippen LogP contribution < -0.4 is 10.1 Å². The first kappa shape index (κ1) is 22.9. The lowest BCUT2D eigenvalue weighted by atomic mass is 10.1. The Balaban J connectivity index is 2.16. The third-order valence-electron chi connectivity index (χ3n) is 4.58. The number of hydrogen-bond acceptors (Lipinski definition) is 3. The Morgan fingerprint density at radius 1 is 1.07 bits per heavy atom. The highest BCUT2D eigenvalue weighted by atomic mass is 79.9. The molecule has 2 aromatic carbocycles. The Labute approximate surface area is 181 Å². The van der Waals surface area contributed by atoms with E-state index in [1.165, 1.54) is 0 Å². The third-order valence-corrected chi connectivity index (χ3v) is 5.11. The fraction of sp³-hybridized carbons (Fsp3) is 0.391. The fourth-order valence-electron chi connectivity index (χ4n) is 2.93. The first-order valence-electron chi connectivity index (χ1n) is 9.95. The minimum Gasteiger partial charge on any atom is -0.484 e. The van der Waals surface area contributed by atoms with Crippen LogP contribution in [0.15, 0.2) is 53.0 Å². The second-order valence-electron chi connectivity index (χ2n) is 6.96. The van der Waals surface area contributed by atoms with Gasteiger partial charge < -0.3 is 15.0 Å². The number of nitrogens with zero attached hydrogens (tertiary/aromatic N) is 1. The summed E-state index contributed by atoms with van der Waals surface area (Å²) in [5.74, 6) is 0.269. The number of amides is 2. The molecule has 2 aromatic rings. The molecule has 0 heterocycles. The van der Waals surface area contributed by atoms with Crippen LogP contribution in [0, 0.1) is 6.92 Å². The SMILES string of the molecule is CCCNC(=O)C(CC)N(Cc1ccc(C)cc1)C(=O)COc1ccc(Br)cc1. The monoisotopic (exact) mass is 460 g/mol. The zero-order chi connectivity index (χ0) is 21.2. The predicted molar refractivity (Wildman–Crippen MR) is 119 cm³/mol. The molecule has 1 N–H and O–H groups in total. The number of halogens is 1. The van der Waals surface area contributed by atoms with Crippen LogP contribution in [0.3, 0.4) is 0 Å². The van der Waals surface area contributed by atoms with E-state index in [1.54, 1.807) is 17.0 Å². The Morgan fingerprint density at radius 2 is 1.72 bits per heavy atom. The van der Waals surface area contributed by atoms with E-state index in [0.717, 1.165) is 22.0 Å². The van der Waals surface area contributed by atoms with Crippen LogP contribution in [0.25, 0.3) is 0 Å². The summed E-state index contributed by atoms with van der Waals surface area (Å²) in [6, 6.07) is 14.8. The van der Waals surface area contributed by atoms with Gasteiger partial charge in [-0.1, -0.05) is 59.6 Å². The summed E-state index contributed by atoms with van der Waals surface area (Å²) in [6.45, 7) is 6.78. The average molecular weight is 461 g/mol. The van der Waals surface area contributed by atoms with E-state index in [2.05, 4.69) is 21.2 Å². The Morgan fingerprint density at radius 3 is 2.31 bits per heavy atom. The quantitative estimate of drug-likeness (QED) is 0.568. The molecule has 0 spiro atoms. The van der Waals surface area contributed by atoms with Gasteiger partial charge in [-0.2, -0.15) is 0 Å². The molecular weight excluding hydrogens is 432 g/mol. The molecule has 2 amide bonds. The molecule has 1 atom stereocenters. The van der Waals surface area contributed by atoms with Crippen LogP contribution in [-0.4, -0.2) is 35.9 Å². The van der Waals surface area contributed by atoms with Gasteiger partial charge in [0.2, 0.25) is 5.91 Å². The molecule has 0 radical (unpaired) electrons. The largest absolute Gasteiger partial charge is 0.484 e. The lowest BCUT2D eigenvalue weighted by Gasteiger charge is -2.30. The zero-order valence-corrected chi connectivity index (χ0v) is 18.9. The first-order valence-corrected chi connectivity index (χ1v) is 10.7. The third kappa shape index (κ3) is 7.20. The van der Waals surface area contributed by atoms with Crippen molar-refractivity contribution in [2.75, 3.05) is 13.2 Å². The van der Waals surface area contributed by atoms with E-state index >= 15 is 0 Å². The molecule has 2 rings (SSSR count). The smallest absolute Gasteiger partial charge is 0.261 e. The minimum absolute atomic E-state index is 0.120. The first-order chi connectivity index (χ1) is 13.9. The van der Waals surface area contributed by atoms with Crippen molar-refractivity contribution >= 4 is 27.7 Å². The van der Waals surface area contributed by atoms with Crippen molar-refractivity contribution in [3.63, 3.8) is 0 Å². The number of rotatable bonds is 10. The molecule has 0 saturated heterocycles. The number of hydrogen-bond donors (Lipinski definition) is 1. The van der Waals surface area contributed by atoms with Crippen molar-refractivity contribution in [3.8, 4) is 5.75 Å².